The number of likely N-dealkylation sites (tertiary alicyclic amines) is 1. The molecule has 0 spiro atoms. The lowest BCUT2D eigenvalue weighted by Crippen LogP contribution is -2.32. The molecule has 2 aromatic rings. The molecule has 0 aromatic heterocycles. The number of hydrogen-bond acceptors (Lipinski definition) is 5. The fourth-order valence-corrected chi connectivity index (χ4v) is 4.18. The van der Waals surface area contributed by atoms with Gasteiger partial charge in [0.2, 0.25) is 0 Å². The number of hydrogen-bond donors (Lipinski definition) is 1. The number of halogens is 2. The van der Waals surface area contributed by atoms with Crippen LogP contribution in [0.2, 0.25) is 10.0 Å². The SMILES string of the molecule is COc1ccc(/C(O)=C2/C(=O)C(=O)N(CCCN(C)C)C2c2ccc(Cl)c(Cl)c2)cc1C. The summed E-state index contributed by atoms with van der Waals surface area (Å²) >= 11 is 12.3. The number of carbonyl (C=O) groups excluding carboxylic acids is 2. The van der Waals surface area contributed by atoms with Gasteiger partial charge in [-0.25, -0.2) is 0 Å². The second-order valence-corrected chi connectivity index (χ2v) is 8.82. The Balaban J connectivity index is 2.13. The van der Waals surface area contributed by atoms with E-state index in [1.807, 2.05) is 25.9 Å². The lowest BCUT2D eigenvalue weighted by atomic mass is 9.94. The van der Waals surface area contributed by atoms with Crippen molar-refractivity contribution in [2.24, 2.45) is 0 Å². The van der Waals surface area contributed by atoms with Crippen LogP contribution in [0.15, 0.2) is 42.0 Å². The lowest BCUT2D eigenvalue weighted by molar-refractivity contribution is -0.139. The standard InChI is InChI=1S/C24H26Cl2N2O4/c1-14-12-16(7-9-19(14)32-4)22(29)20-21(15-6-8-17(25)18(26)13-15)28(24(31)23(20)30)11-5-10-27(2)3/h6-9,12-13,21,29H,5,10-11H2,1-4H3/b22-20-. The Bertz CT molecular complexity index is 1080. The monoisotopic (exact) mass is 476 g/mol. The first-order valence-corrected chi connectivity index (χ1v) is 10.9. The second kappa shape index (κ2) is 9.94. The molecule has 0 saturated carbocycles. The molecule has 170 valence electrons. The van der Waals surface area contributed by atoms with Crippen LogP contribution in [0.1, 0.15) is 29.2 Å². The van der Waals surface area contributed by atoms with Crippen LogP contribution < -0.4 is 4.74 Å². The Morgan fingerprint density at radius 1 is 1.12 bits per heavy atom. The molecule has 1 unspecified atom stereocenters. The highest BCUT2D eigenvalue weighted by molar-refractivity contribution is 6.46. The maximum absolute atomic E-state index is 13.1. The maximum atomic E-state index is 13.1. The molecule has 1 aliphatic rings. The Morgan fingerprint density at radius 2 is 1.84 bits per heavy atom. The molecule has 1 amide bonds. The third kappa shape index (κ3) is 4.77. The van der Waals surface area contributed by atoms with Crippen LogP contribution in [0, 0.1) is 6.92 Å². The minimum atomic E-state index is -0.769. The Kier molecular flexibility index (Phi) is 7.49. The fraction of sp³-hybridized carbons (Fsp3) is 0.333. The molecule has 1 aliphatic heterocycles. The van der Waals surface area contributed by atoms with Gasteiger partial charge in [0.15, 0.2) is 0 Å². The number of Topliss-reactive ketones (excluding diaryl/α,β-unsaturated/α-hetero) is 1. The van der Waals surface area contributed by atoms with E-state index < -0.39 is 17.7 Å². The highest BCUT2D eigenvalue weighted by Crippen LogP contribution is 2.41. The summed E-state index contributed by atoms with van der Waals surface area (Å²) in [4.78, 5) is 29.5. The number of amides is 1. The molecule has 1 heterocycles. The van der Waals surface area contributed by atoms with E-state index in [0.29, 0.717) is 39.9 Å². The van der Waals surface area contributed by atoms with Gasteiger partial charge in [-0.1, -0.05) is 29.3 Å². The van der Waals surface area contributed by atoms with Gasteiger partial charge in [-0.05, 0) is 75.4 Å². The lowest BCUT2D eigenvalue weighted by Gasteiger charge is -2.26. The van der Waals surface area contributed by atoms with Crippen molar-refractivity contribution in [2.75, 3.05) is 34.3 Å². The molecular weight excluding hydrogens is 451 g/mol. The van der Waals surface area contributed by atoms with Crippen LogP contribution in [0.5, 0.6) is 5.75 Å². The van der Waals surface area contributed by atoms with Gasteiger partial charge in [-0.3, -0.25) is 9.59 Å². The van der Waals surface area contributed by atoms with Crippen molar-refractivity contribution in [3.05, 3.63) is 68.7 Å². The average Bonchev–Trinajstić information content (AvgIpc) is 3.00. The van der Waals surface area contributed by atoms with Gasteiger partial charge in [0.1, 0.15) is 11.5 Å². The van der Waals surface area contributed by atoms with Gasteiger partial charge >= 0.3 is 0 Å². The number of carbonyl (C=O) groups is 2. The molecule has 8 heteroatoms. The van der Waals surface area contributed by atoms with Gasteiger partial charge in [-0.2, -0.15) is 0 Å². The van der Waals surface area contributed by atoms with Crippen LogP contribution in [0.3, 0.4) is 0 Å². The zero-order valence-corrected chi connectivity index (χ0v) is 20.0. The fourth-order valence-electron chi connectivity index (χ4n) is 3.88. The Hall–Kier alpha value is -2.54. The van der Waals surface area contributed by atoms with Crippen LogP contribution in [-0.2, 0) is 9.59 Å². The summed E-state index contributed by atoms with van der Waals surface area (Å²) in [7, 11) is 5.44. The first-order chi connectivity index (χ1) is 15.1. The molecule has 1 saturated heterocycles. The predicted octanol–water partition coefficient (Wildman–Crippen LogP) is 4.68. The molecular formula is C24H26Cl2N2O4. The topological polar surface area (TPSA) is 70.1 Å². The van der Waals surface area contributed by atoms with Crippen molar-refractivity contribution in [1.29, 1.82) is 0 Å². The Morgan fingerprint density at radius 3 is 2.44 bits per heavy atom. The molecule has 1 N–H and O–H groups in total. The van der Waals surface area contributed by atoms with E-state index in [2.05, 4.69) is 0 Å². The third-order valence-electron chi connectivity index (χ3n) is 5.47. The van der Waals surface area contributed by atoms with E-state index in [9.17, 15) is 14.7 Å². The first kappa shape index (κ1) is 24.1. The van der Waals surface area contributed by atoms with E-state index in [1.165, 1.54) is 4.90 Å². The number of ether oxygens (including phenoxy) is 1. The number of aliphatic hydroxyl groups excluding tert-OH is 1. The smallest absolute Gasteiger partial charge is 0.295 e. The zero-order valence-electron chi connectivity index (χ0n) is 18.5. The normalized spacial score (nSPS) is 18.0. The largest absolute Gasteiger partial charge is 0.507 e. The van der Waals surface area contributed by atoms with Crippen LogP contribution in [0.25, 0.3) is 5.76 Å². The number of aryl methyl sites for hydroxylation is 1. The minimum absolute atomic E-state index is 0.0304. The van der Waals surface area contributed by atoms with Gasteiger partial charge in [0.25, 0.3) is 11.7 Å². The molecule has 0 aliphatic carbocycles. The second-order valence-electron chi connectivity index (χ2n) is 8.01. The van der Waals surface area contributed by atoms with E-state index in [1.54, 1.807) is 43.5 Å². The molecule has 2 aromatic carbocycles. The van der Waals surface area contributed by atoms with Crippen molar-refractivity contribution in [1.82, 2.24) is 9.80 Å². The van der Waals surface area contributed by atoms with Crippen molar-refractivity contribution < 1.29 is 19.4 Å². The minimum Gasteiger partial charge on any atom is -0.507 e. The quantitative estimate of drug-likeness (QED) is 0.356. The van der Waals surface area contributed by atoms with Crippen molar-refractivity contribution in [3.63, 3.8) is 0 Å². The number of benzene rings is 2. The molecule has 1 fully saturated rings. The summed E-state index contributed by atoms with van der Waals surface area (Å²) in [5, 5.41) is 11.8. The molecule has 0 radical (unpaired) electrons. The molecule has 1 atom stereocenters. The zero-order chi connectivity index (χ0) is 23.6. The first-order valence-electron chi connectivity index (χ1n) is 10.2. The number of methoxy groups -OCH3 is 1. The van der Waals surface area contributed by atoms with Crippen molar-refractivity contribution in [3.8, 4) is 5.75 Å². The van der Waals surface area contributed by atoms with Crippen LogP contribution in [0.4, 0.5) is 0 Å². The van der Waals surface area contributed by atoms with Crippen molar-refractivity contribution in [2.45, 2.75) is 19.4 Å². The molecule has 0 bridgehead atoms. The van der Waals surface area contributed by atoms with Gasteiger partial charge < -0.3 is 19.6 Å². The third-order valence-corrected chi connectivity index (χ3v) is 6.21. The van der Waals surface area contributed by atoms with Gasteiger partial charge in [0, 0.05) is 12.1 Å². The summed E-state index contributed by atoms with van der Waals surface area (Å²) in [6, 6.07) is 9.30. The molecule has 6 nitrogen and oxygen atoms in total. The average molecular weight is 477 g/mol. The number of ketones is 1. The van der Waals surface area contributed by atoms with E-state index in [-0.39, 0.29) is 11.3 Å². The Labute approximate surface area is 198 Å². The van der Waals surface area contributed by atoms with Gasteiger partial charge in [0.05, 0.1) is 28.8 Å². The van der Waals surface area contributed by atoms with E-state index >= 15 is 0 Å². The predicted molar refractivity (Wildman–Crippen MR) is 126 cm³/mol. The highest BCUT2D eigenvalue weighted by atomic mass is 35.5. The number of rotatable bonds is 7. The molecule has 32 heavy (non-hydrogen) atoms. The molecule has 3 rings (SSSR count). The van der Waals surface area contributed by atoms with Gasteiger partial charge in [-0.15, -0.1) is 0 Å². The summed E-state index contributed by atoms with van der Waals surface area (Å²) in [5.74, 6) is -0.949. The number of aliphatic hydroxyl groups is 1. The van der Waals surface area contributed by atoms with Crippen LogP contribution in [-0.4, -0.2) is 60.9 Å². The summed E-state index contributed by atoms with van der Waals surface area (Å²) in [5.41, 5.74) is 1.86. The summed E-state index contributed by atoms with van der Waals surface area (Å²) < 4.78 is 5.28. The summed E-state index contributed by atoms with van der Waals surface area (Å²) in [6.45, 7) is 2.94. The maximum Gasteiger partial charge on any atom is 0.295 e. The van der Waals surface area contributed by atoms with E-state index in [0.717, 1.165) is 12.1 Å². The number of nitrogens with zero attached hydrogens (tertiary/aromatic N) is 2. The van der Waals surface area contributed by atoms with E-state index in [4.69, 9.17) is 27.9 Å². The van der Waals surface area contributed by atoms with Crippen molar-refractivity contribution >= 4 is 40.7 Å². The highest BCUT2D eigenvalue weighted by Gasteiger charge is 2.45. The van der Waals surface area contributed by atoms with Crippen LogP contribution >= 0.6 is 23.2 Å². The summed E-state index contributed by atoms with van der Waals surface area (Å²) in [6.07, 6.45) is 0.666.